The summed E-state index contributed by atoms with van der Waals surface area (Å²) in [5.74, 6) is 0.720. The van der Waals surface area contributed by atoms with E-state index in [4.69, 9.17) is 0 Å². The molecule has 0 atom stereocenters. The second-order valence-electron chi connectivity index (χ2n) is 4.51. The quantitative estimate of drug-likeness (QED) is 0.581. The molecule has 0 unspecified atom stereocenters. The third kappa shape index (κ3) is 1.76. The van der Waals surface area contributed by atoms with Crippen LogP contribution >= 0.6 is 0 Å². The van der Waals surface area contributed by atoms with Crippen molar-refractivity contribution in [3.8, 4) is 0 Å². The number of aromatic nitrogens is 4. The van der Waals surface area contributed by atoms with E-state index in [-0.39, 0.29) is 0 Å². The Morgan fingerprint density at radius 1 is 0.900 bits per heavy atom. The van der Waals surface area contributed by atoms with Crippen LogP contribution in [0.25, 0.3) is 21.9 Å². The van der Waals surface area contributed by atoms with E-state index in [9.17, 15) is 0 Å². The Morgan fingerprint density at radius 3 is 2.75 bits per heavy atom. The predicted molar refractivity (Wildman–Crippen MR) is 78.9 cm³/mol. The fourth-order valence-electron chi connectivity index (χ4n) is 2.23. The number of rotatable bonds is 2. The molecule has 96 valence electrons. The Hall–Kier alpha value is -2.95. The van der Waals surface area contributed by atoms with Crippen LogP contribution in [0.1, 0.15) is 0 Å². The second kappa shape index (κ2) is 4.31. The van der Waals surface area contributed by atoms with Gasteiger partial charge in [-0.1, -0.05) is 18.2 Å². The van der Waals surface area contributed by atoms with Gasteiger partial charge in [0.2, 0.25) is 0 Å². The minimum absolute atomic E-state index is 0.720. The molecule has 2 N–H and O–H groups in total. The zero-order valence-corrected chi connectivity index (χ0v) is 10.5. The topological polar surface area (TPSA) is 66.5 Å². The molecule has 5 heteroatoms. The third-order valence-electron chi connectivity index (χ3n) is 3.20. The maximum atomic E-state index is 4.56. The first kappa shape index (κ1) is 10.9. The molecule has 0 radical (unpaired) electrons. The smallest absolute Gasteiger partial charge is 0.149 e. The summed E-state index contributed by atoms with van der Waals surface area (Å²) >= 11 is 0. The molecule has 2 aromatic carbocycles. The molecule has 0 bridgehead atoms. The van der Waals surface area contributed by atoms with Gasteiger partial charge in [-0.25, -0.2) is 4.98 Å². The Kier molecular flexibility index (Phi) is 2.35. The number of aromatic amines is 1. The van der Waals surface area contributed by atoms with Crippen LogP contribution in [0.5, 0.6) is 0 Å². The molecule has 0 aliphatic heterocycles. The summed E-state index contributed by atoms with van der Waals surface area (Å²) in [6, 6.07) is 13.8. The predicted octanol–water partition coefficient (Wildman–Crippen LogP) is 3.25. The van der Waals surface area contributed by atoms with Gasteiger partial charge in [0.15, 0.2) is 0 Å². The summed E-state index contributed by atoms with van der Waals surface area (Å²) in [5, 5.41) is 11.3. The maximum Gasteiger partial charge on any atom is 0.149 e. The molecule has 2 aromatic heterocycles. The Morgan fingerprint density at radius 2 is 1.80 bits per heavy atom. The zero-order chi connectivity index (χ0) is 13.4. The SMILES string of the molecule is c1ccc2nc(Nc3cccc4[nH]ncc34)cnc2c1. The van der Waals surface area contributed by atoms with Gasteiger partial charge in [-0.15, -0.1) is 0 Å². The molecule has 0 aliphatic carbocycles. The van der Waals surface area contributed by atoms with Gasteiger partial charge in [0.25, 0.3) is 0 Å². The molecular weight excluding hydrogens is 250 g/mol. The van der Waals surface area contributed by atoms with E-state index in [0.29, 0.717) is 0 Å². The van der Waals surface area contributed by atoms with Gasteiger partial charge in [0, 0.05) is 5.39 Å². The van der Waals surface area contributed by atoms with Crippen LogP contribution in [0.15, 0.2) is 54.9 Å². The summed E-state index contributed by atoms with van der Waals surface area (Å²) in [4.78, 5) is 8.95. The van der Waals surface area contributed by atoms with Crippen LogP contribution in [0.2, 0.25) is 0 Å². The van der Waals surface area contributed by atoms with Crippen molar-refractivity contribution >= 4 is 33.4 Å². The lowest BCUT2D eigenvalue weighted by molar-refractivity contribution is 1.12. The molecule has 0 saturated carbocycles. The number of hydrogen-bond acceptors (Lipinski definition) is 4. The lowest BCUT2D eigenvalue weighted by atomic mass is 10.2. The molecule has 0 spiro atoms. The average Bonchev–Trinajstić information content (AvgIpc) is 2.97. The lowest BCUT2D eigenvalue weighted by Gasteiger charge is -2.07. The fraction of sp³-hybridized carbons (Fsp3) is 0. The van der Waals surface area contributed by atoms with Crippen molar-refractivity contribution in [1.82, 2.24) is 20.2 Å². The van der Waals surface area contributed by atoms with Gasteiger partial charge in [0.1, 0.15) is 5.82 Å². The van der Waals surface area contributed by atoms with Crippen molar-refractivity contribution in [2.24, 2.45) is 0 Å². The summed E-state index contributed by atoms with van der Waals surface area (Å²) < 4.78 is 0. The van der Waals surface area contributed by atoms with Gasteiger partial charge in [-0.2, -0.15) is 5.10 Å². The fourth-order valence-corrected chi connectivity index (χ4v) is 2.23. The molecule has 4 rings (SSSR count). The van der Waals surface area contributed by atoms with E-state index in [1.165, 1.54) is 0 Å². The molecule has 20 heavy (non-hydrogen) atoms. The van der Waals surface area contributed by atoms with Crippen LogP contribution in [0.3, 0.4) is 0 Å². The number of para-hydroxylation sites is 2. The summed E-state index contributed by atoms with van der Waals surface area (Å²) in [7, 11) is 0. The third-order valence-corrected chi connectivity index (χ3v) is 3.20. The van der Waals surface area contributed by atoms with E-state index in [2.05, 4.69) is 25.5 Å². The molecule has 2 heterocycles. The number of benzene rings is 2. The highest BCUT2D eigenvalue weighted by Gasteiger charge is 2.04. The van der Waals surface area contributed by atoms with Crippen molar-refractivity contribution in [3.05, 3.63) is 54.9 Å². The molecule has 5 nitrogen and oxygen atoms in total. The van der Waals surface area contributed by atoms with Crippen molar-refractivity contribution < 1.29 is 0 Å². The standard InChI is InChI=1S/C15H11N5/c1-2-5-14-13(4-1)16-9-15(19-14)18-11-6-3-7-12-10(11)8-17-20-12/h1-9H,(H,17,20)(H,18,19). The van der Waals surface area contributed by atoms with Crippen molar-refractivity contribution in [3.63, 3.8) is 0 Å². The number of nitrogens with zero attached hydrogens (tertiary/aromatic N) is 3. The summed E-state index contributed by atoms with van der Waals surface area (Å²) in [5.41, 5.74) is 3.71. The van der Waals surface area contributed by atoms with Gasteiger partial charge in [0.05, 0.1) is 34.6 Å². The van der Waals surface area contributed by atoms with Gasteiger partial charge >= 0.3 is 0 Å². The van der Waals surface area contributed by atoms with Gasteiger partial charge in [-0.3, -0.25) is 10.1 Å². The molecule has 0 aliphatic rings. The number of nitrogens with one attached hydrogen (secondary N) is 2. The van der Waals surface area contributed by atoms with Gasteiger partial charge in [-0.05, 0) is 24.3 Å². The summed E-state index contributed by atoms with van der Waals surface area (Å²) in [6.07, 6.45) is 3.54. The molecular formula is C15H11N5. The monoisotopic (exact) mass is 261 g/mol. The largest absolute Gasteiger partial charge is 0.338 e. The van der Waals surface area contributed by atoms with E-state index >= 15 is 0 Å². The zero-order valence-electron chi connectivity index (χ0n) is 10.5. The molecule has 0 amide bonds. The first-order valence-corrected chi connectivity index (χ1v) is 6.31. The maximum absolute atomic E-state index is 4.56. The van der Waals surface area contributed by atoms with Crippen LogP contribution in [0.4, 0.5) is 11.5 Å². The van der Waals surface area contributed by atoms with E-state index in [0.717, 1.165) is 33.4 Å². The van der Waals surface area contributed by atoms with Crippen LogP contribution in [0, 0.1) is 0 Å². The van der Waals surface area contributed by atoms with Crippen LogP contribution in [-0.2, 0) is 0 Å². The number of hydrogen-bond donors (Lipinski definition) is 2. The van der Waals surface area contributed by atoms with Crippen molar-refractivity contribution in [2.45, 2.75) is 0 Å². The minimum Gasteiger partial charge on any atom is -0.338 e. The lowest BCUT2D eigenvalue weighted by Crippen LogP contribution is -1.95. The van der Waals surface area contributed by atoms with Gasteiger partial charge < -0.3 is 5.32 Å². The normalized spacial score (nSPS) is 11.0. The average molecular weight is 261 g/mol. The van der Waals surface area contributed by atoms with Crippen molar-refractivity contribution in [2.75, 3.05) is 5.32 Å². The highest BCUT2D eigenvalue weighted by molar-refractivity contribution is 5.92. The number of anilines is 2. The Bertz CT molecular complexity index is 897. The first-order chi connectivity index (χ1) is 9.90. The highest BCUT2D eigenvalue weighted by atomic mass is 15.1. The molecule has 0 fully saturated rings. The van der Waals surface area contributed by atoms with E-state index in [1.807, 2.05) is 42.5 Å². The molecule has 4 aromatic rings. The molecule has 0 saturated heterocycles. The van der Waals surface area contributed by atoms with E-state index in [1.54, 1.807) is 12.4 Å². The number of fused-ring (bicyclic) bond motifs is 2. The van der Waals surface area contributed by atoms with Crippen molar-refractivity contribution in [1.29, 1.82) is 0 Å². The Labute approximate surface area is 114 Å². The highest BCUT2D eigenvalue weighted by Crippen LogP contribution is 2.24. The first-order valence-electron chi connectivity index (χ1n) is 6.31. The minimum atomic E-state index is 0.720. The van der Waals surface area contributed by atoms with Crippen LogP contribution < -0.4 is 5.32 Å². The van der Waals surface area contributed by atoms with E-state index < -0.39 is 0 Å². The second-order valence-corrected chi connectivity index (χ2v) is 4.51. The Balaban J connectivity index is 1.78. The number of H-pyrrole nitrogens is 1. The summed E-state index contributed by atoms with van der Waals surface area (Å²) in [6.45, 7) is 0. The van der Waals surface area contributed by atoms with Crippen LogP contribution in [-0.4, -0.2) is 20.2 Å².